The van der Waals surface area contributed by atoms with Gasteiger partial charge >= 0.3 is 0 Å². The lowest BCUT2D eigenvalue weighted by Crippen LogP contribution is -2.22. The number of rotatable bonds is 3. The molecule has 0 amide bonds. The molecule has 1 aliphatic rings. The van der Waals surface area contributed by atoms with Crippen molar-refractivity contribution in [3.8, 4) is 23.1 Å². The lowest BCUT2D eigenvalue weighted by molar-refractivity contribution is 0.198. The number of aromatic amines is 1. The van der Waals surface area contributed by atoms with E-state index in [0.29, 0.717) is 12.1 Å². The van der Waals surface area contributed by atoms with E-state index in [9.17, 15) is 10.4 Å². The topological polar surface area (TPSA) is 72.3 Å². The van der Waals surface area contributed by atoms with Gasteiger partial charge in [0.15, 0.2) is 0 Å². The van der Waals surface area contributed by atoms with Gasteiger partial charge in [-0.2, -0.15) is 5.26 Å². The summed E-state index contributed by atoms with van der Waals surface area (Å²) in [5.41, 5.74) is 2.45. The molecule has 1 aromatic carbocycles. The molecule has 1 aromatic heterocycles. The number of methoxy groups -OCH3 is 1. The average Bonchev–Trinajstić information content (AvgIpc) is 3.13. The molecule has 108 valence electrons. The highest BCUT2D eigenvalue weighted by Gasteiger charge is 2.24. The first-order valence-corrected chi connectivity index (χ1v) is 6.92. The quantitative estimate of drug-likeness (QED) is 0.905. The number of anilines is 1. The van der Waals surface area contributed by atoms with Gasteiger partial charge in [0.25, 0.3) is 0 Å². The third-order valence-electron chi connectivity index (χ3n) is 3.78. The van der Waals surface area contributed by atoms with Crippen LogP contribution in [0.25, 0.3) is 11.3 Å². The Kier molecular flexibility index (Phi) is 3.55. The molecule has 1 atom stereocenters. The molecule has 5 heteroatoms. The Balaban J connectivity index is 1.97. The van der Waals surface area contributed by atoms with Crippen LogP contribution in [0.2, 0.25) is 0 Å². The van der Waals surface area contributed by atoms with Crippen molar-refractivity contribution in [2.75, 3.05) is 25.1 Å². The molecule has 0 radical (unpaired) electrons. The Morgan fingerprint density at radius 3 is 2.95 bits per heavy atom. The van der Waals surface area contributed by atoms with Gasteiger partial charge in [0.2, 0.25) is 0 Å². The molecule has 3 rings (SSSR count). The summed E-state index contributed by atoms with van der Waals surface area (Å²) < 4.78 is 5.23. The van der Waals surface area contributed by atoms with Crippen LogP contribution in [-0.4, -0.2) is 36.4 Å². The van der Waals surface area contributed by atoms with E-state index in [-0.39, 0.29) is 6.10 Å². The van der Waals surface area contributed by atoms with Crippen LogP contribution < -0.4 is 9.64 Å². The van der Waals surface area contributed by atoms with Gasteiger partial charge in [-0.3, -0.25) is 0 Å². The van der Waals surface area contributed by atoms with E-state index in [4.69, 9.17) is 4.74 Å². The molecule has 2 N–H and O–H groups in total. The minimum absolute atomic E-state index is 0.319. The second-order valence-electron chi connectivity index (χ2n) is 5.18. The minimum Gasteiger partial charge on any atom is -0.497 e. The van der Waals surface area contributed by atoms with Crippen molar-refractivity contribution in [2.45, 2.75) is 12.5 Å². The number of aliphatic hydroxyl groups is 1. The van der Waals surface area contributed by atoms with Gasteiger partial charge in [-0.1, -0.05) is 12.1 Å². The van der Waals surface area contributed by atoms with Crippen LogP contribution in [-0.2, 0) is 0 Å². The maximum atomic E-state index is 9.66. The molecule has 1 aliphatic heterocycles. The zero-order chi connectivity index (χ0) is 14.8. The zero-order valence-electron chi connectivity index (χ0n) is 11.8. The first kappa shape index (κ1) is 13.5. The number of β-amino-alcohol motifs (C(OH)–C–C–N with tert-alkyl or cyclic N) is 1. The second kappa shape index (κ2) is 5.51. The Hall–Kier alpha value is -2.45. The van der Waals surface area contributed by atoms with Crippen LogP contribution in [0.5, 0.6) is 5.75 Å². The Labute approximate surface area is 123 Å². The van der Waals surface area contributed by atoms with Crippen molar-refractivity contribution in [3.05, 3.63) is 35.9 Å². The van der Waals surface area contributed by atoms with Crippen LogP contribution in [0.1, 0.15) is 12.0 Å². The largest absolute Gasteiger partial charge is 0.497 e. The summed E-state index contributed by atoms with van der Waals surface area (Å²) in [6, 6.07) is 11.8. The van der Waals surface area contributed by atoms with Crippen LogP contribution in [0.15, 0.2) is 30.3 Å². The molecule has 1 saturated heterocycles. The van der Waals surface area contributed by atoms with Crippen molar-refractivity contribution in [3.63, 3.8) is 0 Å². The average molecular weight is 283 g/mol. The summed E-state index contributed by atoms with van der Waals surface area (Å²) in [5, 5.41) is 19.0. The van der Waals surface area contributed by atoms with Crippen molar-refractivity contribution in [1.82, 2.24) is 4.98 Å². The number of hydrogen-bond acceptors (Lipinski definition) is 4. The van der Waals surface area contributed by atoms with E-state index >= 15 is 0 Å². The molecule has 0 bridgehead atoms. The number of aliphatic hydroxyl groups excluding tert-OH is 1. The van der Waals surface area contributed by atoms with Crippen LogP contribution in [0.4, 0.5) is 5.82 Å². The van der Waals surface area contributed by atoms with E-state index in [1.165, 1.54) is 0 Å². The summed E-state index contributed by atoms with van der Waals surface area (Å²) in [6.45, 7) is 1.32. The lowest BCUT2D eigenvalue weighted by Gasteiger charge is -2.16. The number of hydrogen-bond donors (Lipinski definition) is 2. The zero-order valence-corrected chi connectivity index (χ0v) is 11.8. The predicted octanol–water partition coefficient (Wildman–Crippen LogP) is 2.13. The highest BCUT2D eigenvalue weighted by atomic mass is 16.5. The summed E-state index contributed by atoms with van der Waals surface area (Å²) in [5.74, 6) is 1.56. The molecule has 21 heavy (non-hydrogen) atoms. The maximum absolute atomic E-state index is 9.66. The minimum atomic E-state index is -0.319. The number of nitrogens with one attached hydrogen (secondary N) is 1. The first-order chi connectivity index (χ1) is 10.2. The van der Waals surface area contributed by atoms with Gasteiger partial charge in [-0.25, -0.2) is 0 Å². The van der Waals surface area contributed by atoms with Crippen LogP contribution in [0, 0.1) is 11.3 Å². The van der Waals surface area contributed by atoms with Gasteiger partial charge in [0, 0.05) is 24.3 Å². The fourth-order valence-electron chi connectivity index (χ4n) is 2.67. The predicted molar refractivity (Wildman–Crippen MR) is 80.3 cm³/mol. The highest BCUT2D eigenvalue weighted by molar-refractivity contribution is 5.70. The van der Waals surface area contributed by atoms with Crippen LogP contribution >= 0.6 is 0 Å². The summed E-state index contributed by atoms with van der Waals surface area (Å²) in [6.07, 6.45) is 0.415. The van der Waals surface area contributed by atoms with Gasteiger partial charge in [0.05, 0.1) is 18.8 Å². The SMILES string of the molecule is COc1cccc(-c2cc(C#N)c(N3CCC(O)C3)[nH]2)c1. The number of nitrogens with zero attached hydrogens (tertiary/aromatic N) is 2. The van der Waals surface area contributed by atoms with Gasteiger partial charge in [0.1, 0.15) is 17.6 Å². The van der Waals surface area contributed by atoms with E-state index in [1.54, 1.807) is 7.11 Å². The van der Waals surface area contributed by atoms with Crippen molar-refractivity contribution in [2.24, 2.45) is 0 Å². The summed E-state index contributed by atoms with van der Waals surface area (Å²) in [4.78, 5) is 5.32. The fraction of sp³-hybridized carbons (Fsp3) is 0.312. The number of H-pyrrole nitrogens is 1. The fourth-order valence-corrected chi connectivity index (χ4v) is 2.67. The molecular formula is C16H17N3O2. The normalized spacial score (nSPS) is 17.8. The maximum Gasteiger partial charge on any atom is 0.124 e. The molecule has 0 aliphatic carbocycles. The van der Waals surface area contributed by atoms with E-state index in [2.05, 4.69) is 11.1 Å². The van der Waals surface area contributed by atoms with Gasteiger partial charge in [-0.15, -0.1) is 0 Å². The Morgan fingerprint density at radius 2 is 2.29 bits per heavy atom. The standard InChI is InChI=1S/C16H17N3O2/c1-21-14-4-2-3-11(7-14)15-8-12(9-17)16(18-15)19-6-5-13(20)10-19/h2-4,7-8,13,18,20H,5-6,10H2,1H3. The number of benzene rings is 1. The van der Waals surface area contributed by atoms with E-state index < -0.39 is 0 Å². The lowest BCUT2D eigenvalue weighted by atomic mass is 10.1. The third-order valence-corrected chi connectivity index (χ3v) is 3.78. The first-order valence-electron chi connectivity index (χ1n) is 6.92. The van der Waals surface area contributed by atoms with Gasteiger partial charge in [-0.05, 0) is 24.6 Å². The Bertz CT molecular complexity index is 687. The Morgan fingerprint density at radius 1 is 1.43 bits per heavy atom. The molecule has 1 fully saturated rings. The molecule has 5 nitrogen and oxygen atoms in total. The second-order valence-corrected chi connectivity index (χ2v) is 5.18. The highest BCUT2D eigenvalue weighted by Crippen LogP contribution is 2.30. The monoisotopic (exact) mass is 283 g/mol. The number of ether oxygens (including phenoxy) is 1. The molecule has 0 saturated carbocycles. The summed E-state index contributed by atoms with van der Waals surface area (Å²) in [7, 11) is 1.63. The van der Waals surface area contributed by atoms with Crippen LogP contribution in [0.3, 0.4) is 0 Å². The molecular weight excluding hydrogens is 266 g/mol. The van der Waals surface area contributed by atoms with Crippen molar-refractivity contribution >= 4 is 5.82 Å². The molecule has 2 aromatic rings. The van der Waals surface area contributed by atoms with E-state index in [0.717, 1.165) is 35.8 Å². The van der Waals surface area contributed by atoms with E-state index in [1.807, 2.05) is 35.2 Å². The summed E-state index contributed by atoms with van der Waals surface area (Å²) >= 11 is 0. The van der Waals surface area contributed by atoms with Gasteiger partial charge < -0.3 is 19.7 Å². The third kappa shape index (κ3) is 2.58. The molecule has 0 spiro atoms. The molecule has 2 heterocycles. The van der Waals surface area contributed by atoms with Crippen molar-refractivity contribution < 1.29 is 9.84 Å². The number of aromatic nitrogens is 1. The smallest absolute Gasteiger partial charge is 0.124 e. The number of nitriles is 1. The molecule has 1 unspecified atom stereocenters. The van der Waals surface area contributed by atoms with Crippen molar-refractivity contribution in [1.29, 1.82) is 5.26 Å².